The van der Waals surface area contributed by atoms with Crippen molar-refractivity contribution in [2.75, 3.05) is 13.2 Å². The van der Waals surface area contributed by atoms with Crippen molar-refractivity contribution in [2.45, 2.75) is 12.5 Å². The van der Waals surface area contributed by atoms with Gasteiger partial charge in [0.05, 0.1) is 15.5 Å². The minimum Gasteiger partial charge on any atom is -0.381 e. The Labute approximate surface area is 101 Å². The van der Waals surface area contributed by atoms with E-state index in [4.69, 9.17) is 10.6 Å². The Hall–Kier alpha value is 0.310. The third-order valence-electron chi connectivity index (χ3n) is 2.56. The second kappa shape index (κ2) is 4.89. The Morgan fingerprint density at radius 1 is 1.71 bits per heavy atom. The van der Waals surface area contributed by atoms with Crippen LogP contribution >= 0.6 is 33.9 Å². The summed E-state index contributed by atoms with van der Waals surface area (Å²) in [5.74, 6) is 6.11. The first kappa shape index (κ1) is 10.8. The molecule has 3 nitrogen and oxygen atoms in total. The largest absolute Gasteiger partial charge is 0.381 e. The lowest BCUT2D eigenvalue weighted by Gasteiger charge is -2.20. The van der Waals surface area contributed by atoms with Crippen LogP contribution < -0.4 is 11.3 Å². The van der Waals surface area contributed by atoms with Gasteiger partial charge in [-0.15, -0.1) is 11.3 Å². The first-order valence-corrected chi connectivity index (χ1v) is 6.55. The van der Waals surface area contributed by atoms with Crippen LogP contribution in [-0.4, -0.2) is 13.2 Å². The van der Waals surface area contributed by atoms with Crippen LogP contribution in [0.15, 0.2) is 11.4 Å². The third-order valence-corrected chi connectivity index (χ3v) is 4.37. The lowest BCUT2D eigenvalue weighted by molar-refractivity contribution is 0.177. The monoisotopic (exact) mass is 324 g/mol. The zero-order valence-electron chi connectivity index (χ0n) is 7.70. The van der Waals surface area contributed by atoms with E-state index in [0.717, 1.165) is 19.6 Å². The molecule has 1 saturated heterocycles. The molecule has 78 valence electrons. The molecule has 0 aromatic carbocycles. The van der Waals surface area contributed by atoms with Gasteiger partial charge in [0.1, 0.15) is 0 Å². The maximum atomic E-state index is 5.59. The van der Waals surface area contributed by atoms with Crippen LogP contribution in [0.3, 0.4) is 0 Å². The highest BCUT2D eigenvalue weighted by atomic mass is 127. The van der Waals surface area contributed by atoms with Gasteiger partial charge in [-0.2, -0.15) is 0 Å². The standard InChI is InChI=1S/C9H13IN2OS/c10-8-3-7(5-14-8)9(12-11)6-1-2-13-4-6/h3,5-6,9,12H,1-2,4,11H2. The van der Waals surface area contributed by atoms with Crippen molar-refractivity contribution in [1.29, 1.82) is 0 Å². The molecule has 2 atom stereocenters. The number of ether oxygens (including phenoxy) is 1. The summed E-state index contributed by atoms with van der Waals surface area (Å²) in [5, 5.41) is 2.17. The molecule has 5 heteroatoms. The number of hydrogen-bond acceptors (Lipinski definition) is 4. The highest BCUT2D eigenvalue weighted by molar-refractivity contribution is 14.1. The number of hydrazine groups is 1. The molecule has 1 aliphatic heterocycles. The summed E-state index contributed by atoms with van der Waals surface area (Å²) in [4.78, 5) is 0. The van der Waals surface area contributed by atoms with Gasteiger partial charge < -0.3 is 4.74 Å². The average Bonchev–Trinajstić information content (AvgIpc) is 2.79. The van der Waals surface area contributed by atoms with E-state index >= 15 is 0 Å². The highest BCUT2D eigenvalue weighted by Gasteiger charge is 2.26. The average molecular weight is 324 g/mol. The molecule has 1 aromatic heterocycles. The van der Waals surface area contributed by atoms with Gasteiger partial charge in [0.25, 0.3) is 0 Å². The van der Waals surface area contributed by atoms with E-state index in [9.17, 15) is 0 Å². The zero-order chi connectivity index (χ0) is 9.97. The van der Waals surface area contributed by atoms with Crippen molar-refractivity contribution in [1.82, 2.24) is 5.43 Å². The van der Waals surface area contributed by atoms with Crippen molar-refractivity contribution in [3.8, 4) is 0 Å². The number of nitrogens with two attached hydrogens (primary N) is 1. The van der Waals surface area contributed by atoms with E-state index in [-0.39, 0.29) is 6.04 Å². The van der Waals surface area contributed by atoms with Gasteiger partial charge in [-0.3, -0.25) is 11.3 Å². The molecule has 2 unspecified atom stereocenters. The number of halogens is 1. The molecule has 1 aliphatic rings. The zero-order valence-corrected chi connectivity index (χ0v) is 10.7. The van der Waals surface area contributed by atoms with Gasteiger partial charge in [-0.1, -0.05) is 0 Å². The molecule has 0 spiro atoms. The van der Waals surface area contributed by atoms with Gasteiger partial charge in [0.2, 0.25) is 0 Å². The van der Waals surface area contributed by atoms with E-state index in [0.29, 0.717) is 5.92 Å². The first-order valence-electron chi connectivity index (χ1n) is 4.59. The number of nitrogens with one attached hydrogen (secondary N) is 1. The van der Waals surface area contributed by atoms with Crippen LogP contribution in [-0.2, 0) is 4.74 Å². The Morgan fingerprint density at radius 3 is 3.07 bits per heavy atom. The van der Waals surface area contributed by atoms with E-state index in [2.05, 4.69) is 39.5 Å². The summed E-state index contributed by atoms with van der Waals surface area (Å²) in [7, 11) is 0. The summed E-state index contributed by atoms with van der Waals surface area (Å²) in [6.45, 7) is 1.69. The predicted molar refractivity (Wildman–Crippen MR) is 66.0 cm³/mol. The molecule has 0 saturated carbocycles. The lowest BCUT2D eigenvalue weighted by atomic mass is 9.95. The maximum Gasteiger partial charge on any atom is 0.0656 e. The quantitative estimate of drug-likeness (QED) is 0.507. The Morgan fingerprint density at radius 2 is 2.57 bits per heavy atom. The van der Waals surface area contributed by atoms with Crippen LogP contribution in [0.5, 0.6) is 0 Å². The molecular weight excluding hydrogens is 311 g/mol. The highest BCUT2D eigenvalue weighted by Crippen LogP contribution is 2.31. The van der Waals surface area contributed by atoms with Crippen LogP contribution in [0.4, 0.5) is 0 Å². The van der Waals surface area contributed by atoms with Crippen molar-refractivity contribution in [3.05, 3.63) is 19.9 Å². The van der Waals surface area contributed by atoms with Crippen LogP contribution in [0.25, 0.3) is 0 Å². The Kier molecular flexibility index (Phi) is 3.78. The predicted octanol–water partition coefficient (Wildman–Crippen LogP) is 1.89. The molecule has 1 fully saturated rings. The van der Waals surface area contributed by atoms with Crippen molar-refractivity contribution < 1.29 is 4.74 Å². The van der Waals surface area contributed by atoms with Crippen molar-refractivity contribution in [2.24, 2.45) is 11.8 Å². The van der Waals surface area contributed by atoms with Gasteiger partial charge in [0, 0.05) is 12.5 Å². The normalized spacial score (nSPS) is 24.0. The molecule has 14 heavy (non-hydrogen) atoms. The Balaban J connectivity index is 2.12. The maximum absolute atomic E-state index is 5.59. The second-order valence-electron chi connectivity index (χ2n) is 3.45. The smallest absolute Gasteiger partial charge is 0.0656 e. The van der Waals surface area contributed by atoms with Crippen molar-refractivity contribution >= 4 is 33.9 Å². The molecule has 2 rings (SSSR count). The molecule has 1 aromatic rings. The van der Waals surface area contributed by atoms with Crippen molar-refractivity contribution in [3.63, 3.8) is 0 Å². The number of rotatable bonds is 3. The molecule has 2 heterocycles. The Bertz CT molecular complexity index is 299. The fourth-order valence-corrected chi connectivity index (χ4v) is 3.22. The van der Waals surface area contributed by atoms with Crippen LogP contribution in [0.1, 0.15) is 18.0 Å². The van der Waals surface area contributed by atoms with E-state index < -0.39 is 0 Å². The minimum absolute atomic E-state index is 0.247. The second-order valence-corrected chi connectivity index (χ2v) is 6.26. The topological polar surface area (TPSA) is 47.3 Å². The first-order chi connectivity index (χ1) is 6.81. The van der Waals surface area contributed by atoms with Gasteiger partial charge in [-0.25, -0.2) is 0 Å². The molecule has 0 bridgehead atoms. The van der Waals surface area contributed by atoms with Gasteiger partial charge >= 0.3 is 0 Å². The molecule has 0 aliphatic carbocycles. The number of hydrogen-bond donors (Lipinski definition) is 2. The summed E-state index contributed by atoms with van der Waals surface area (Å²) in [6.07, 6.45) is 1.10. The van der Waals surface area contributed by atoms with E-state index in [1.54, 1.807) is 11.3 Å². The van der Waals surface area contributed by atoms with Gasteiger partial charge in [-0.05, 0) is 46.0 Å². The lowest BCUT2D eigenvalue weighted by Crippen LogP contribution is -2.33. The summed E-state index contributed by atoms with van der Waals surface area (Å²) in [5.41, 5.74) is 4.19. The summed E-state index contributed by atoms with van der Waals surface area (Å²) < 4.78 is 6.68. The molecule has 0 amide bonds. The fraction of sp³-hybridized carbons (Fsp3) is 0.556. The van der Waals surface area contributed by atoms with Gasteiger partial charge in [0.15, 0.2) is 0 Å². The third kappa shape index (κ3) is 2.27. The SMILES string of the molecule is NNC(c1csc(I)c1)C1CCOC1. The summed E-state index contributed by atoms with van der Waals surface area (Å²) >= 11 is 4.09. The fourth-order valence-electron chi connectivity index (χ4n) is 1.81. The molecular formula is C9H13IN2OS. The van der Waals surface area contributed by atoms with E-state index in [1.165, 1.54) is 8.45 Å². The summed E-state index contributed by atoms with van der Waals surface area (Å²) in [6, 6.07) is 2.44. The van der Waals surface area contributed by atoms with Crippen LogP contribution in [0, 0.1) is 8.80 Å². The van der Waals surface area contributed by atoms with Crippen LogP contribution in [0.2, 0.25) is 0 Å². The molecule has 3 N–H and O–H groups in total. The molecule has 0 radical (unpaired) electrons. The van der Waals surface area contributed by atoms with E-state index in [1.807, 2.05) is 0 Å². The minimum atomic E-state index is 0.247. The number of thiophene rings is 1.